The fourth-order valence-corrected chi connectivity index (χ4v) is 2.82. The quantitative estimate of drug-likeness (QED) is 0.843. The Morgan fingerprint density at radius 3 is 2.60 bits per heavy atom. The molecule has 1 aliphatic heterocycles. The van der Waals surface area contributed by atoms with Gasteiger partial charge in [-0.15, -0.1) is 0 Å². The third-order valence-electron chi connectivity index (χ3n) is 4.16. The van der Waals surface area contributed by atoms with Crippen molar-refractivity contribution in [1.29, 1.82) is 0 Å². The minimum absolute atomic E-state index is 0.130. The molecule has 0 aromatic carbocycles. The first-order chi connectivity index (χ1) is 11.9. The number of alkyl halides is 3. The largest absolute Gasteiger partial charge is 0.477 e. The van der Waals surface area contributed by atoms with Gasteiger partial charge in [0.1, 0.15) is 17.3 Å². The van der Waals surface area contributed by atoms with Crippen molar-refractivity contribution in [3.8, 4) is 5.88 Å². The molecule has 0 unspecified atom stereocenters. The van der Waals surface area contributed by atoms with E-state index in [1.54, 1.807) is 12.3 Å². The van der Waals surface area contributed by atoms with E-state index in [0.29, 0.717) is 37.3 Å². The number of anilines is 1. The summed E-state index contributed by atoms with van der Waals surface area (Å²) < 4.78 is 44.4. The van der Waals surface area contributed by atoms with E-state index in [-0.39, 0.29) is 5.82 Å². The van der Waals surface area contributed by atoms with Crippen molar-refractivity contribution in [2.24, 2.45) is 5.92 Å². The molecule has 0 saturated carbocycles. The van der Waals surface area contributed by atoms with Crippen molar-refractivity contribution in [1.82, 2.24) is 15.0 Å². The summed E-state index contributed by atoms with van der Waals surface area (Å²) in [5.41, 5.74) is -0.893. The van der Waals surface area contributed by atoms with E-state index in [2.05, 4.69) is 15.0 Å². The second-order valence-corrected chi connectivity index (χ2v) is 6.07. The number of piperidine rings is 1. The molecule has 1 fully saturated rings. The van der Waals surface area contributed by atoms with E-state index < -0.39 is 11.9 Å². The molecular formula is C17H19F3N4O. The molecule has 0 radical (unpaired) electrons. The highest BCUT2D eigenvalue weighted by atomic mass is 19.4. The number of aryl methyl sites for hydroxylation is 1. The summed E-state index contributed by atoms with van der Waals surface area (Å²) in [5.74, 6) is 1.41. The van der Waals surface area contributed by atoms with Crippen LogP contribution in [0.15, 0.2) is 30.5 Å². The van der Waals surface area contributed by atoms with Crippen LogP contribution in [-0.2, 0) is 6.18 Å². The molecule has 134 valence electrons. The zero-order chi connectivity index (χ0) is 17.9. The average molecular weight is 352 g/mol. The summed E-state index contributed by atoms with van der Waals surface area (Å²) in [5, 5.41) is 0. The fraction of sp³-hybridized carbons (Fsp3) is 0.471. The Balaban J connectivity index is 1.58. The van der Waals surface area contributed by atoms with E-state index in [9.17, 15) is 13.2 Å². The smallest absolute Gasteiger partial charge is 0.433 e. The molecule has 0 spiro atoms. The molecule has 0 bridgehead atoms. The van der Waals surface area contributed by atoms with E-state index in [1.165, 1.54) is 6.92 Å². The number of hydrogen-bond acceptors (Lipinski definition) is 5. The third kappa shape index (κ3) is 4.58. The van der Waals surface area contributed by atoms with Crippen LogP contribution in [0.4, 0.5) is 19.0 Å². The van der Waals surface area contributed by atoms with Gasteiger partial charge in [0.05, 0.1) is 6.61 Å². The van der Waals surface area contributed by atoms with Crippen molar-refractivity contribution < 1.29 is 17.9 Å². The Bertz CT molecular complexity index is 701. The van der Waals surface area contributed by atoms with Gasteiger partial charge in [0.25, 0.3) is 0 Å². The van der Waals surface area contributed by atoms with Gasteiger partial charge in [0.15, 0.2) is 0 Å². The van der Waals surface area contributed by atoms with Crippen LogP contribution in [0.1, 0.15) is 24.4 Å². The number of halogens is 3. The minimum Gasteiger partial charge on any atom is -0.477 e. The summed E-state index contributed by atoms with van der Waals surface area (Å²) in [7, 11) is 0. The SMILES string of the molecule is Cc1nc(N2CCC(COc3ccccn3)CC2)cc(C(F)(F)F)n1. The lowest BCUT2D eigenvalue weighted by molar-refractivity contribution is -0.141. The predicted molar refractivity (Wildman–Crippen MR) is 86.4 cm³/mol. The van der Waals surface area contributed by atoms with Crippen LogP contribution < -0.4 is 9.64 Å². The third-order valence-corrected chi connectivity index (χ3v) is 4.16. The van der Waals surface area contributed by atoms with E-state index in [4.69, 9.17) is 4.74 Å². The number of aromatic nitrogens is 3. The normalized spacial score (nSPS) is 16.1. The van der Waals surface area contributed by atoms with Crippen LogP contribution in [0.3, 0.4) is 0 Å². The maximum absolute atomic E-state index is 12.9. The Kier molecular flexibility index (Phi) is 5.06. The topological polar surface area (TPSA) is 51.1 Å². The average Bonchev–Trinajstić information content (AvgIpc) is 2.60. The van der Waals surface area contributed by atoms with Gasteiger partial charge >= 0.3 is 6.18 Å². The van der Waals surface area contributed by atoms with Crippen molar-refractivity contribution >= 4 is 5.82 Å². The number of nitrogens with zero attached hydrogens (tertiary/aromatic N) is 4. The number of rotatable bonds is 4. The van der Waals surface area contributed by atoms with E-state index in [0.717, 1.165) is 18.9 Å². The molecule has 2 aromatic heterocycles. The summed E-state index contributed by atoms with van der Waals surface area (Å²) in [4.78, 5) is 13.6. The van der Waals surface area contributed by atoms with Gasteiger partial charge in [-0.1, -0.05) is 6.07 Å². The van der Waals surface area contributed by atoms with Crippen LogP contribution in [0.25, 0.3) is 0 Å². The van der Waals surface area contributed by atoms with Crippen LogP contribution in [-0.4, -0.2) is 34.6 Å². The van der Waals surface area contributed by atoms with Crippen molar-refractivity contribution in [2.45, 2.75) is 25.9 Å². The minimum atomic E-state index is -4.46. The van der Waals surface area contributed by atoms with Gasteiger partial charge in [0, 0.05) is 31.4 Å². The Hall–Kier alpha value is -2.38. The summed E-state index contributed by atoms with van der Waals surface area (Å²) >= 11 is 0. The molecule has 3 heterocycles. The van der Waals surface area contributed by atoms with E-state index >= 15 is 0 Å². The molecule has 0 N–H and O–H groups in total. The number of hydrogen-bond donors (Lipinski definition) is 0. The highest BCUT2D eigenvalue weighted by Gasteiger charge is 2.34. The van der Waals surface area contributed by atoms with Crippen molar-refractivity contribution in [3.05, 3.63) is 42.0 Å². The van der Waals surface area contributed by atoms with Crippen LogP contribution in [0.5, 0.6) is 5.88 Å². The standard InChI is InChI=1S/C17H19F3N4O/c1-12-22-14(17(18,19)20)10-15(23-12)24-8-5-13(6-9-24)11-25-16-4-2-3-7-21-16/h2-4,7,10,13H,5-6,8-9,11H2,1H3. The molecule has 1 aliphatic rings. The maximum atomic E-state index is 12.9. The lowest BCUT2D eigenvalue weighted by Gasteiger charge is -2.32. The second-order valence-electron chi connectivity index (χ2n) is 6.07. The first-order valence-corrected chi connectivity index (χ1v) is 8.13. The lowest BCUT2D eigenvalue weighted by Crippen LogP contribution is -2.36. The van der Waals surface area contributed by atoms with Crippen LogP contribution in [0, 0.1) is 12.8 Å². The summed E-state index contributed by atoms with van der Waals surface area (Å²) in [6, 6.07) is 6.51. The predicted octanol–water partition coefficient (Wildman–Crippen LogP) is 3.49. The molecule has 0 atom stereocenters. The van der Waals surface area contributed by atoms with Crippen molar-refractivity contribution in [2.75, 3.05) is 24.6 Å². The summed E-state index contributed by atoms with van der Waals surface area (Å²) in [6.07, 6.45) is -1.13. The molecule has 25 heavy (non-hydrogen) atoms. The number of ether oxygens (including phenoxy) is 1. The zero-order valence-electron chi connectivity index (χ0n) is 13.8. The zero-order valence-corrected chi connectivity index (χ0v) is 13.8. The fourth-order valence-electron chi connectivity index (χ4n) is 2.82. The second kappa shape index (κ2) is 7.25. The molecule has 5 nitrogen and oxygen atoms in total. The van der Waals surface area contributed by atoms with Gasteiger partial charge < -0.3 is 9.64 Å². The lowest BCUT2D eigenvalue weighted by atomic mass is 9.98. The molecule has 8 heteroatoms. The monoisotopic (exact) mass is 352 g/mol. The highest BCUT2D eigenvalue weighted by Crippen LogP contribution is 2.31. The molecule has 2 aromatic rings. The van der Waals surface area contributed by atoms with Crippen LogP contribution in [0.2, 0.25) is 0 Å². The summed E-state index contributed by atoms with van der Waals surface area (Å²) in [6.45, 7) is 3.32. The van der Waals surface area contributed by atoms with Crippen molar-refractivity contribution in [3.63, 3.8) is 0 Å². The Labute approximate surface area is 143 Å². The van der Waals surface area contributed by atoms with E-state index in [1.807, 2.05) is 17.0 Å². The van der Waals surface area contributed by atoms with Crippen LogP contribution >= 0.6 is 0 Å². The molecule has 0 aliphatic carbocycles. The highest BCUT2D eigenvalue weighted by molar-refractivity contribution is 5.41. The first kappa shape index (κ1) is 17.4. The Morgan fingerprint density at radius 2 is 1.96 bits per heavy atom. The molecular weight excluding hydrogens is 333 g/mol. The van der Waals surface area contributed by atoms with Gasteiger partial charge in [0.2, 0.25) is 5.88 Å². The van der Waals surface area contributed by atoms with Gasteiger partial charge in [-0.2, -0.15) is 13.2 Å². The number of pyridine rings is 1. The molecule has 1 saturated heterocycles. The van der Waals surface area contributed by atoms with Gasteiger partial charge in [-0.25, -0.2) is 15.0 Å². The van der Waals surface area contributed by atoms with Gasteiger partial charge in [-0.3, -0.25) is 0 Å². The van der Waals surface area contributed by atoms with Gasteiger partial charge in [-0.05, 0) is 31.7 Å². The molecule has 0 amide bonds. The Morgan fingerprint density at radius 1 is 1.20 bits per heavy atom. The molecule has 3 rings (SSSR count). The maximum Gasteiger partial charge on any atom is 0.433 e. The first-order valence-electron chi connectivity index (χ1n) is 8.13.